The van der Waals surface area contributed by atoms with Crippen LogP contribution in [0.15, 0.2) is 46.7 Å². The molecule has 2 aliphatic heterocycles. The summed E-state index contributed by atoms with van der Waals surface area (Å²) in [5.74, 6) is 0.0232. The van der Waals surface area contributed by atoms with E-state index >= 15 is 0 Å². The lowest BCUT2D eigenvalue weighted by Gasteiger charge is -2.11. The summed E-state index contributed by atoms with van der Waals surface area (Å²) >= 11 is 6.21. The minimum atomic E-state index is -1.10. The van der Waals surface area contributed by atoms with Crippen LogP contribution in [0.2, 0.25) is 0 Å². The van der Waals surface area contributed by atoms with Crippen LogP contribution < -0.4 is 9.64 Å². The Hall–Kier alpha value is -2.58. The lowest BCUT2D eigenvalue weighted by atomic mass is 10.1. The first kappa shape index (κ1) is 20.2. The Morgan fingerprint density at radius 3 is 2.68 bits per heavy atom. The molecule has 28 heavy (non-hydrogen) atoms. The molecule has 2 aliphatic rings. The Bertz CT molecular complexity index is 979. The smallest absolute Gasteiger partial charge is 0.323 e. The molecule has 0 spiro atoms. The molecule has 8 heteroatoms. The Morgan fingerprint density at radius 1 is 1.32 bits per heavy atom. The van der Waals surface area contributed by atoms with Gasteiger partial charge >= 0.3 is 5.97 Å². The lowest BCUT2D eigenvalue weighted by molar-refractivity contribution is -0.140. The standard InChI is InChI=1S/C20H20N2O4S2/c1-11(7-16-19(25)22(10-18(23)24)20(27)28-16)5-6-17-21(4)14-8-12(2)13(3)9-15(14)26-17/h5-9H,10H2,1-4H3,(H,23,24)/b11-5+,16-7-,17-6+. The number of fused-ring (bicyclic) bond motifs is 1. The van der Waals surface area contributed by atoms with E-state index in [1.54, 1.807) is 6.08 Å². The van der Waals surface area contributed by atoms with Crippen LogP contribution in [0.4, 0.5) is 5.69 Å². The first-order valence-corrected chi connectivity index (χ1v) is 9.78. The third kappa shape index (κ3) is 3.98. The van der Waals surface area contributed by atoms with Crippen molar-refractivity contribution in [2.45, 2.75) is 20.8 Å². The van der Waals surface area contributed by atoms with E-state index in [4.69, 9.17) is 22.1 Å². The number of benzene rings is 1. The van der Waals surface area contributed by atoms with Gasteiger partial charge in [0, 0.05) is 7.05 Å². The van der Waals surface area contributed by atoms with Crippen LogP contribution in [0.1, 0.15) is 18.1 Å². The summed E-state index contributed by atoms with van der Waals surface area (Å²) in [6.07, 6.45) is 5.39. The van der Waals surface area contributed by atoms with E-state index in [1.807, 2.05) is 44.0 Å². The molecular formula is C20H20N2O4S2. The van der Waals surface area contributed by atoms with E-state index in [9.17, 15) is 9.59 Å². The van der Waals surface area contributed by atoms with Gasteiger partial charge in [-0.1, -0.05) is 30.1 Å². The van der Waals surface area contributed by atoms with Gasteiger partial charge in [0.25, 0.3) is 5.91 Å². The number of carboxylic acid groups (broad SMARTS) is 1. The molecule has 1 N–H and O–H groups in total. The third-order valence-corrected chi connectivity index (χ3v) is 5.87. The number of anilines is 1. The van der Waals surface area contributed by atoms with Crippen molar-refractivity contribution >= 4 is 45.9 Å². The van der Waals surface area contributed by atoms with Crippen molar-refractivity contribution in [1.82, 2.24) is 4.90 Å². The summed E-state index contributed by atoms with van der Waals surface area (Å²) in [6.45, 7) is 5.54. The Balaban J connectivity index is 1.78. The molecule has 1 aromatic rings. The fourth-order valence-corrected chi connectivity index (χ4v) is 4.10. The zero-order valence-corrected chi connectivity index (χ0v) is 17.6. The first-order chi connectivity index (χ1) is 13.2. The van der Waals surface area contributed by atoms with Crippen LogP contribution in [0.25, 0.3) is 0 Å². The fraction of sp³-hybridized carbons (Fsp3) is 0.250. The first-order valence-electron chi connectivity index (χ1n) is 8.56. The number of aliphatic carboxylic acids is 1. The van der Waals surface area contributed by atoms with Crippen LogP contribution in [-0.2, 0) is 9.59 Å². The van der Waals surface area contributed by atoms with Crippen molar-refractivity contribution in [3.63, 3.8) is 0 Å². The number of hydrogen-bond donors (Lipinski definition) is 1. The third-order valence-electron chi connectivity index (χ3n) is 4.50. The van der Waals surface area contributed by atoms with Crippen LogP contribution in [0.5, 0.6) is 5.75 Å². The quantitative estimate of drug-likeness (QED) is 0.592. The molecule has 1 amide bonds. The maximum absolute atomic E-state index is 12.3. The summed E-state index contributed by atoms with van der Waals surface area (Å²) in [5, 5.41) is 8.90. The van der Waals surface area contributed by atoms with Crippen LogP contribution >= 0.6 is 24.0 Å². The number of thiocarbonyl (C=S) groups is 1. The molecule has 0 unspecified atom stereocenters. The van der Waals surface area contributed by atoms with Gasteiger partial charge in [-0.2, -0.15) is 0 Å². The summed E-state index contributed by atoms with van der Waals surface area (Å²) in [6, 6.07) is 4.11. The maximum Gasteiger partial charge on any atom is 0.323 e. The Kier molecular flexibility index (Phi) is 5.62. The van der Waals surface area contributed by atoms with Crippen molar-refractivity contribution < 1.29 is 19.4 Å². The zero-order valence-electron chi connectivity index (χ0n) is 16.0. The van der Waals surface area contributed by atoms with E-state index in [2.05, 4.69) is 13.0 Å². The molecule has 1 aromatic carbocycles. The second-order valence-electron chi connectivity index (χ2n) is 6.64. The number of thioether (sulfide) groups is 1. The maximum atomic E-state index is 12.3. The molecule has 2 heterocycles. The largest absolute Gasteiger partial charge is 0.480 e. The topological polar surface area (TPSA) is 70.1 Å². The fourth-order valence-electron chi connectivity index (χ4n) is 2.79. The van der Waals surface area contributed by atoms with Crippen LogP contribution in [-0.4, -0.2) is 39.8 Å². The van der Waals surface area contributed by atoms with Gasteiger partial charge in [-0.05, 0) is 61.8 Å². The zero-order chi connectivity index (χ0) is 20.6. The molecule has 0 radical (unpaired) electrons. The van der Waals surface area contributed by atoms with Gasteiger partial charge < -0.3 is 14.7 Å². The highest BCUT2D eigenvalue weighted by Gasteiger charge is 2.33. The van der Waals surface area contributed by atoms with Gasteiger partial charge in [0.05, 0.1) is 10.6 Å². The minimum absolute atomic E-state index is 0.254. The number of rotatable bonds is 4. The molecule has 1 fully saturated rings. The Labute approximate surface area is 173 Å². The summed E-state index contributed by atoms with van der Waals surface area (Å²) in [7, 11) is 1.94. The van der Waals surface area contributed by atoms with E-state index < -0.39 is 12.5 Å². The highest BCUT2D eigenvalue weighted by Crippen LogP contribution is 2.39. The molecule has 146 valence electrons. The molecule has 3 rings (SSSR count). The van der Waals surface area contributed by atoms with Gasteiger partial charge in [0.1, 0.15) is 10.9 Å². The summed E-state index contributed by atoms with van der Waals surface area (Å²) in [4.78, 5) is 26.7. The number of carbonyl (C=O) groups excluding carboxylic acids is 1. The number of ether oxygens (including phenoxy) is 1. The van der Waals surface area contributed by atoms with Crippen LogP contribution in [0, 0.1) is 13.8 Å². The van der Waals surface area contributed by atoms with E-state index in [-0.39, 0.29) is 10.2 Å². The molecule has 1 saturated heterocycles. The second kappa shape index (κ2) is 7.81. The molecule has 0 bridgehead atoms. The molecule has 0 aromatic heterocycles. The highest BCUT2D eigenvalue weighted by molar-refractivity contribution is 8.26. The molecule has 6 nitrogen and oxygen atoms in total. The average Bonchev–Trinajstić information content (AvgIpc) is 3.05. The lowest BCUT2D eigenvalue weighted by Crippen LogP contribution is -2.33. The monoisotopic (exact) mass is 416 g/mol. The normalized spacial score (nSPS) is 19.6. The molecule has 0 atom stereocenters. The number of nitrogens with zero attached hydrogens (tertiary/aromatic N) is 2. The number of allylic oxidation sites excluding steroid dienone is 4. The number of amides is 1. The van der Waals surface area contributed by atoms with Crippen LogP contribution in [0.3, 0.4) is 0 Å². The van der Waals surface area contributed by atoms with Crippen molar-refractivity contribution in [3.05, 3.63) is 57.8 Å². The van der Waals surface area contributed by atoms with E-state index in [1.165, 1.54) is 11.1 Å². The predicted molar refractivity (Wildman–Crippen MR) is 114 cm³/mol. The molecular weight excluding hydrogens is 396 g/mol. The molecule has 0 saturated carbocycles. The van der Waals surface area contributed by atoms with E-state index in [0.717, 1.165) is 33.7 Å². The number of carboxylic acids is 1. The van der Waals surface area contributed by atoms with Gasteiger partial charge in [-0.25, -0.2) is 0 Å². The highest BCUT2D eigenvalue weighted by atomic mass is 32.2. The van der Waals surface area contributed by atoms with Gasteiger partial charge in [0.15, 0.2) is 11.6 Å². The average molecular weight is 417 g/mol. The Morgan fingerprint density at radius 2 is 2.00 bits per heavy atom. The molecule has 0 aliphatic carbocycles. The SMILES string of the molecule is CC(/C=C1\SC(=S)N(CC(=O)O)C1=O)=C\C=C1\Oc2cc(C)c(C)cc2N1C. The van der Waals surface area contributed by atoms with Crippen molar-refractivity contribution in [1.29, 1.82) is 0 Å². The van der Waals surface area contributed by atoms with Gasteiger partial charge in [0.2, 0.25) is 0 Å². The number of carbonyl (C=O) groups is 2. The predicted octanol–water partition coefficient (Wildman–Crippen LogP) is 3.75. The summed E-state index contributed by atoms with van der Waals surface area (Å²) < 4.78 is 6.18. The summed E-state index contributed by atoms with van der Waals surface area (Å²) in [5.41, 5.74) is 4.20. The number of aryl methyl sites for hydroxylation is 2. The number of hydrogen-bond acceptors (Lipinski definition) is 6. The second-order valence-corrected chi connectivity index (χ2v) is 8.32. The van der Waals surface area contributed by atoms with Gasteiger partial charge in [-0.3, -0.25) is 14.5 Å². The van der Waals surface area contributed by atoms with E-state index in [0.29, 0.717) is 10.8 Å². The van der Waals surface area contributed by atoms with Gasteiger partial charge in [-0.15, -0.1) is 0 Å². The van der Waals surface area contributed by atoms with Crippen molar-refractivity contribution in [2.75, 3.05) is 18.5 Å². The van der Waals surface area contributed by atoms with Crippen molar-refractivity contribution in [2.24, 2.45) is 0 Å². The minimum Gasteiger partial charge on any atom is -0.480 e. The van der Waals surface area contributed by atoms with Crippen molar-refractivity contribution in [3.8, 4) is 5.75 Å².